The van der Waals surface area contributed by atoms with E-state index < -0.39 is 12.0 Å². The zero-order valence-electron chi connectivity index (χ0n) is 13.0. The van der Waals surface area contributed by atoms with Crippen LogP contribution < -0.4 is 0 Å². The summed E-state index contributed by atoms with van der Waals surface area (Å²) in [7, 11) is 0. The highest BCUT2D eigenvalue weighted by Crippen LogP contribution is 2.25. The molecule has 116 valence electrons. The lowest BCUT2D eigenvalue weighted by Gasteiger charge is -2.35. The Balaban J connectivity index is 2.28. The zero-order valence-corrected chi connectivity index (χ0v) is 13.0. The molecule has 0 radical (unpaired) electrons. The van der Waals surface area contributed by atoms with E-state index in [1.807, 2.05) is 27.7 Å². The van der Waals surface area contributed by atoms with Gasteiger partial charge in [-0.2, -0.15) is 5.10 Å². The van der Waals surface area contributed by atoms with E-state index in [2.05, 4.69) is 5.10 Å². The lowest BCUT2D eigenvalue weighted by Crippen LogP contribution is -2.49. The van der Waals surface area contributed by atoms with Crippen LogP contribution in [0.1, 0.15) is 55.7 Å². The molecule has 0 aliphatic carbocycles. The van der Waals surface area contributed by atoms with Crippen molar-refractivity contribution in [2.45, 2.75) is 52.6 Å². The summed E-state index contributed by atoms with van der Waals surface area (Å²) in [5, 5.41) is 13.6. The van der Waals surface area contributed by atoms with E-state index in [4.69, 9.17) is 0 Å². The molecule has 6 heteroatoms. The van der Waals surface area contributed by atoms with Gasteiger partial charge in [0.05, 0.1) is 11.8 Å². The Hall–Kier alpha value is -1.85. The minimum Gasteiger partial charge on any atom is -0.480 e. The van der Waals surface area contributed by atoms with Gasteiger partial charge in [0.15, 0.2) is 0 Å². The maximum Gasteiger partial charge on any atom is 0.326 e. The highest BCUT2D eigenvalue weighted by Gasteiger charge is 2.36. The Labute approximate surface area is 124 Å². The molecule has 2 rings (SSSR count). The fraction of sp³-hybridized carbons (Fsp3) is 0.667. The van der Waals surface area contributed by atoms with Crippen LogP contribution in [0.5, 0.6) is 0 Å². The van der Waals surface area contributed by atoms with E-state index in [-0.39, 0.29) is 11.9 Å². The van der Waals surface area contributed by atoms with Crippen molar-refractivity contribution >= 4 is 11.9 Å². The van der Waals surface area contributed by atoms with Gasteiger partial charge in [0, 0.05) is 18.3 Å². The first-order valence-electron chi connectivity index (χ1n) is 7.40. The van der Waals surface area contributed by atoms with Gasteiger partial charge >= 0.3 is 5.97 Å². The van der Waals surface area contributed by atoms with Crippen LogP contribution in [0.15, 0.2) is 6.20 Å². The second kappa shape index (κ2) is 5.87. The van der Waals surface area contributed by atoms with E-state index in [1.54, 1.807) is 10.9 Å². The summed E-state index contributed by atoms with van der Waals surface area (Å²) >= 11 is 0. The molecule has 1 aliphatic heterocycles. The molecule has 1 aromatic heterocycles. The van der Waals surface area contributed by atoms with Crippen LogP contribution in [-0.2, 0) is 4.79 Å². The third-order valence-corrected chi connectivity index (χ3v) is 4.17. The smallest absolute Gasteiger partial charge is 0.326 e. The number of carboxylic acids is 1. The minimum atomic E-state index is -0.927. The summed E-state index contributed by atoms with van der Waals surface area (Å²) in [6.07, 6.45) is 2.90. The maximum atomic E-state index is 12.7. The lowest BCUT2D eigenvalue weighted by molar-refractivity contribution is -0.144. The Bertz CT molecular complexity index is 550. The van der Waals surface area contributed by atoms with Crippen molar-refractivity contribution in [3.63, 3.8) is 0 Å². The molecule has 1 N–H and O–H groups in total. The zero-order chi connectivity index (χ0) is 15.7. The van der Waals surface area contributed by atoms with Gasteiger partial charge in [-0.15, -0.1) is 0 Å². The van der Waals surface area contributed by atoms with Crippen LogP contribution in [0.3, 0.4) is 0 Å². The quantitative estimate of drug-likeness (QED) is 0.926. The van der Waals surface area contributed by atoms with Crippen molar-refractivity contribution in [1.82, 2.24) is 14.7 Å². The summed E-state index contributed by atoms with van der Waals surface area (Å²) in [4.78, 5) is 25.6. The molecule has 1 amide bonds. The number of carbonyl (C=O) groups excluding carboxylic acids is 1. The summed E-state index contributed by atoms with van der Waals surface area (Å²) in [6.45, 7) is 8.36. The molecule has 1 aromatic rings. The second-order valence-electron chi connectivity index (χ2n) is 6.16. The lowest BCUT2D eigenvalue weighted by atomic mass is 9.92. The average Bonchev–Trinajstić information content (AvgIpc) is 2.79. The number of piperidine rings is 1. The molecule has 6 nitrogen and oxygen atoms in total. The van der Waals surface area contributed by atoms with Crippen LogP contribution >= 0.6 is 0 Å². The first-order chi connectivity index (χ1) is 9.82. The number of aromatic nitrogens is 2. The fourth-order valence-electron chi connectivity index (χ4n) is 2.93. The minimum absolute atomic E-state index is 0.170. The number of rotatable bonds is 3. The molecule has 0 saturated carbocycles. The van der Waals surface area contributed by atoms with E-state index in [0.29, 0.717) is 24.4 Å². The number of hydrogen-bond acceptors (Lipinski definition) is 3. The standard InChI is InChI=1S/C15H23N3O3/c1-9(2)18-11(4)12(8-16-18)14(19)17-6-5-10(3)7-13(17)15(20)21/h8-10,13H,5-7H2,1-4H3,(H,20,21). The monoisotopic (exact) mass is 293 g/mol. The van der Waals surface area contributed by atoms with Crippen molar-refractivity contribution in [3.05, 3.63) is 17.5 Å². The topological polar surface area (TPSA) is 75.4 Å². The van der Waals surface area contributed by atoms with E-state index in [9.17, 15) is 14.7 Å². The Kier molecular flexibility index (Phi) is 4.34. The van der Waals surface area contributed by atoms with Crippen molar-refractivity contribution in [1.29, 1.82) is 0 Å². The molecule has 2 unspecified atom stereocenters. The predicted molar refractivity (Wildman–Crippen MR) is 78.2 cm³/mol. The van der Waals surface area contributed by atoms with Gasteiger partial charge in [-0.25, -0.2) is 4.79 Å². The second-order valence-corrected chi connectivity index (χ2v) is 6.16. The summed E-state index contributed by atoms with van der Waals surface area (Å²) in [6, 6.07) is -0.564. The Morgan fingerprint density at radius 3 is 2.62 bits per heavy atom. The van der Waals surface area contributed by atoms with Crippen LogP contribution in [0.2, 0.25) is 0 Å². The molecular formula is C15H23N3O3. The molecule has 0 spiro atoms. The first kappa shape index (κ1) is 15.5. The van der Waals surface area contributed by atoms with Crippen molar-refractivity contribution in [2.24, 2.45) is 5.92 Å². The Morgan fingerprint density at radius 1 is 1.43 bits per heavy atom. The van der Waals surface area contributed by atoms with Gasteiger partial charge in [-0.3, -0.25) is 9.48 Å². The van der Waals surface area contributed by atoms with Gasteiger partial charge in [0.25, 0.3) is 5.91 Å². The molecule has 21 heavy (non-hydrogen) atoms. The van der Waals surface area contributed by atoms with Gasteiger partial charge in [-0.1, -0.05) is 6.92 Å². The largest absolute Gasteiger partial charge is 0.480 e. The van der Waals surface area contributed by atoms with Crippen molar-refractivity contribution in [2.75, 3.05) is 6.54 Å². The molecule has 0 bridgehead atoms. The maximum absolute atomic E-state index is 12.7. The normalized spacial score (nSPS) is 22.6. The third-order valence-electron chi connectivity index (χ3n) is 4.17. The number of carboxylic acid groups (broad SMARTS) is 1. The number of likely N-dealkylation sites (tertiary alicyclic amines) is 1. The van der Waals surface area contributed by atoms with Gasteiger partial charge in [0.1, 0.15) is 6.04 Å². The summed E-state index contributed by atoms with van der Waals surface area (Å²) in [5.41, 5.74) is 1.29. The van der Waals surface area contributed by atoms with Gasteiger partial charge in [0.2, 0.25) is 0 Å². The molecule has 1 fully saturated rings. The number of hydrogen-bond donors (Lipinski definition) is 1. The highest BCUT2D eigenvalue weighted by atomic mass is 16.4. The van der Waals surface area contributed by atoms with Crippen molar-refractivity contribution < 1.29 is 14.7 Å². The summed E-state index contributed by atoms with van der Waals surface area (Å²) < 4.78 is 1.79. The summed E-state index contributed by atoms with van der Waals surface area (Å²) in [5.74, 6) is -0.822. The van der Waals surface area contributed by atoms with E-state index in [0.717, 1.165) is 12.1 Å². The van der Waals surface area contributed by atoms with Crippen LogP contribution in [0.4, 0.5) is 0 Å². The Morgan fingerprint density at radius 2 is 2.10 bits per heavy atom. The average molecular weight is 293 g/mol. The van der Waals surface area contributed by atoms with Gasteiger partial charge in [-0.05, 0) is 39.5 Å². The molecule has 1 saturated heterocycles. The number of nitrogens with zero attached hydrogens (tertiary/aromatic N) is 3. The SMILES string of the molecule is Cc1c(C(=O)N2CCC(C)CC2C(=O)O)cnn1C(C)C. The number of amides is 1. The van der Waals surface area contributed by atoms with Crippen LogP contribution in [-0.4, -0.2) is 44.3 Å². The van der Waals surface area contributed by atoms with E-state index in [1.165, 1.54) is 4.90 Å². The van der Waals surface area contributed by atoms with Crippen LogP contribution in [0.25, 0.3) is 0 Å². The molecule has 2 atom stereocenters. The molecular weight excluding hydrogens is 270 g/mol. The molecule has 1 aliphatic rings. The van der Waals surface area contributed by atoms with Gasteiger partial charge < -0.3 is 10.0 Å². The van der Waals surface area contributed by atoms with Crippen LogP contribution in [0, 0.1) is 12.8 Å². The first-order valence-corrected chi connectivity index (χ1v) is 7.40. The third kappa shape index (κ3) is 2.94. The fourth-order valence-corrected chi connectivity index (χ4v) is 2.93. The number of aliphatic carboxylic acids is 1. The predicted octanol–water partition coefficient (Wildman–Crippen LogP) is 2.10. The van der Waals surface area contributed by atoms with E-state index >= 15 is 0 Å². The molecule has 0 aromatic carbocycles. The highest BCUT2D eigenvalue weighted by molar-refractivity contribution is 5.97. The molecule has 2 heterocycles. The number of carbonyl (C=O) groups is 2. The van der Waals surface area contributed by atoms with Crippen molar-refractivity contribution in [3.8, 4) is 0 Å².